The van der Waals surface area contributed by atoms with Crippen LogP contribution in [0, 0.1) is 11.7 Å². The molecular weight excluding hydrogens is 396 g/mol. The van der Waals surface area contributed by atoms with Gasteiger partial charge < -0.3 is 14.9 Å². The van der Waals surface area contributed by atoms with E-state index in [4.69, 9.17) is 33.3 Å². The van der Waals surface area contributed by atoms with Gasteiger partial charge in [0.25, 0.3) is 0 Å². The Bertz CT molecular complexity index is 1020. The highest BCUT2D eigenvalue weighted by atomic mass is 35.5. The van der Waals surface area contributed by atoms with Crippen LogP contribution in [0.25, 0.3) is 0 Å². The summed E-state index contributed by atoms with van der Waals surface area (Å²) in [6, 6.07) is 11.8. The molecule has 0 saturated heterocycles. The molecule has 0 spiro atoms. The van der Waals surface area contributed by atoms with Crippen LogP contribution in [-0.2, 0) is 19.6 Å². The van der Waals surface area contributed by atoms with Gasteiger partial charge in [0, 0.05) is 17.5 Å². The van der Waals surface area contributed by atoms with Crippen molar-refractivity contribution in [3.05, 3.63) is 68.7 Å². The fourth-order valence-corrected chi connectivity index (χ4v) is 3.24. The van der Waals surface area contributed by atoms with Gasteiger partial charge in [-0.15, -0.1) is 0 Å². The molecule has 2 N–H and O–H groups in total. The molecule has 0 aliphatic carbocycles. The first-order valence-electron chi connectivity index (χ1n) is 8.97. The lowest BCUT2D eigenvalue weighted by Crippen LogP contribution is -2.17. The standard InChI is InChI=1S/C20H23ClN4O2S/c1-4-19-23-24-20(28)25(19)22-11-15-9-17(26-3)18(10-16(15)21)27-12-14-8-6-5-7-13(14)2/h5-10,22H,4,11-12H2,1-3H3,(H,24,28). The average Bonchev–Trinajstić information content (AvgIpc) is 3.06. The van der Waals surface area contributed by atoms with Gasteiger partial charge in [-0.3, -0.25) is 5.10 Å². The Balaban J connectivity index is 1.76. The zero-order chi connectivity index (χ0) is 20.1. The number of nitrogens with zero attached hydrogens (tertiary/aromatic N) is 2. The van der Waals surface area contributed by atoms with Crippen LogP contribution in [0.1, 0.15) is 29.4 Å². The molecule has 0 aliphatic rings. The van der Waals surface area contributed by atoms with E-state index >= 15 is 0 Å². The third kappa shape index (κ3) is 4.48. The Hall–Kier alpha value is -2.51. The van der Waals surface area contributed by atoms with Gasteiger partial charge in [-0.2, -0.15) is 5.10 Å². The van der Waals surface area contributed by atoms with Crippen molar-refractivity contribution in [1.29, 1.82) is 0 Å². The zero-order valence-corrected chi connectivity index (χ0v) is 17.7. The van der Waals surface area contributed by atoms with Crippen LogP contribution in [-0.4, -0.2) is 22.0 Å². The summed E-state index contributed by atoms with van der Waals surface area (Å²) >= 11 is 11.7. The minimum atomic E-state index is 0.445. The number of ether oxygens (including phenoxy) is 2. The summed E-state index contributed by atoms with van der Waals surface area (Å²) in [6.45, 7) is 4.98. The van der Waals surface area contributed by atoms with Gasteiger partial charge in [-0.25, -0.2) is 4.68 Å². The summed E-state index contributed by atoms with van der Waals surface area (Å²) in [6.07, 6.45) is 0.753. The smallest absolute Gasteiger partial charge is 0.214 e. The van der Waals surface area contributed by atoms with Crippen molar-refractivity contribution in [3.8, 4) is 11.5 Å². The van der Waals surface area contributed by atoms with Crippen LogP contribution in [0.4, 0.5) is 0 Å². The number of H-pyrrole nitrogens is 1. The maximum atomic E-state index is 6.49. The lowest BCUT2D eigenvalue weighted by molar-refractivity contribution is 0.283. The summed E-state index contributed by atoms with van der Waals surface area (Å²) < 4.78 is 13.7. The molecule has 0 radical (unpaired) electrons. The van der Waals surface area contributed by atoms with Crippen LogP contribution in [0.5, 0.6) is 11.5 Å². The average molecular weight is 419 g/mol. The topological polar surface area (TPSA) is 64.1 Å². The van der Waals surface area contributed by atoms with Gasteiger partial charge in [-0.1, -0.05) is 42.8 Å². The summed E-state index contributed by atoms with van der Waals surface area (Å²) in [4.78, 5) is 0. The van der Waals surface area contributed by atoms with Gasteiger partial charge in [0.2, 0.25) is 4.77 Å². The summed E-state index contributed by atoms with van der Waals surface area (Å²) in [5.74, 6) is 2.06. The Morgan fingerprint density at radius 3 is 2.71 bits per heavy atom. The molecule has 0 bridgehead atoms. The molecule has 6 nitrogen and oxygen atoms in total. The van der Waals surface area contributed by atoms with Crippen molar-refractivity contribution in [2.45, 2.75) is 33.4 Å². The Labute approximate surface area is 174 Å². The minimum Gasteiger partial charge on any atom is -0.493 e. The first-order chi connectivity index (χ1) is 13.5. The quantitative estimate of drug-likeness (QED) is 0.514. The van der Waals surface area contributed by atoms with E-state index in [1.807, 2.05) is 31.2 Å². The number of methoxy groups -OCH3 is 1. The number of aromatic nitrogens is 3. The molecule has 0 aliphatic heterocycles. The predicted octanol–water partition coefficient (Wildman–Crippen LogP) is 4.80. The largest absolute Gasteiger partial charge is 0.493 e. The second kappa shape index (κ2) is 9.12. The van der Waals surface area contributed by atoms with E-state index in [-0.39, 0.29) is 0 Å². The maximum absolute atomic E-state index is 6.49. The predicted molar refractivity (Wildman–Crippen MR) is 113 cm³/mol. The highest BCUT2D eigenvalue weighted by molar-refractivity contribution is 7.71. The number of nitrogens with one attached hydrogen (secondary N) is 2. The van der Waals surface area contributed by atoms with Crippen LogP contribution in [0.2, 0.25) is 5.02 Å². The van der Waals surface area contributed by atoms with E-state index in [1.165, 1.54) is 5.56 Å². The number of benzene rings is 2. The Kier molecular flexibility index (Phi) is 6.59. The number of hydrogen-bond acceptors (Lipinski definition) is 5. The lowest BCUT2D eigenvalue weighted by atomic mass is 10.1. The van der Waals surface area contributed by atoms with Crippen LogP contribution < -0.4 is 14.9 Å². The second-order valence-corrected chi connectivity index (χ2v) is 7.07. The Morgan fingerprint density at radius 2 is 2.00 bits per heavy atom. The van der Waals surface area contributed by atoms with E-state index < -0.39 is 0 Å². The molecule has 3 rings (SSSR count). The maximum Gasteiger partial charge on any atom is 0.214 e. The highest BCUT2D eigenvalue weighted by Gasteiger charge is 2.12. The fourth-order valence-electron chi connectivity index (χ4n) is 2.81. The van der Waals surface area contributed by atoms with Crippen molar-refractivity contribution >= 4 is 23.8 Å². The molecule has 148 valence electrons. The number of rotatable bonds is 8. The normalized spacial score (nSPS) is 10.7. The minimum absolute atomic E-state index is 0.445. The molecular formula is C20H23ClN4O2S. The van der Waals surface area contributed by atoms with Crippen LogP contribution in [0.15, 0.2) is 36.4 Å². The summed E-state index contributed by atoms with van der Waals surface area (Å²) in [7, 11) is 1.61. The van der Waals surface area contributed by atoms with Crippen molar-refractivity contribution in [1.82, 2.24) is 14.9 Å². The van der Waals surface area contributed by atoms with E-state index in [9.17, 15) is 0 Å². The highest BCUT2D eigenvalue weighted by Crippen LogP contribution is 2.34. The monoisotopic (exact) mass is 418 g/mol. The molecule has 0 amide bonds. The third-order valence-electron chi connectivity index (χ3n) is 4.46. The van der Waals surface area contributed by atoms with E-state index in [2.05, 4.69) is 28.6 Å². The first-order valence-corrected chi connectivity index (χ1v) is 9.76. The number of aromatic amines is 1. The summed E-state index contributed by atoms with van der Waals surface area (Å²) in [5, 5.41) is 7.55. The van der Waals surface area contributed by atoms with Gasteiger partial charge in [0.1, 0.15) is 6.61 Å². The van der Waals surface area contributed by atoms with Gasteiger partial charge in [0.05, 0.1) is 13.7 Å². The van der Waals surface area contributed by atoms with Crippen LogP contribution >= 0.6 is 23.8 Å². The van der Waals surface area contributed by atoms with E-state index in [1.54, 1.807) is 17.9 Å². The second-order valence-electron chi connectivity index (χ2n) is 6.28. The zero-order valence-electron chi connectivity index (χ0n) is 16.1. The molecule has 0 saturated carbocycles. The fraction of sp³-hybridized carbons (Fsp3) is 0.300. The van der Waals surface area contributed by atoms with E-state index in [0.29, 0.717) is 34.4 Å². The molecule has 8 heteroatoms. The molecule has 28 heavy (non-hydrogen) atoms. The number of halogens is 1. The van der Waals surface area contributed by atoms with Crippen LogP contribution in [0.3, 0.4) is 0 Å². The molecule has 0 fully saturated rings. The Morgan fingerprint density at radius 1 is 1.21 bits per heavy atom. The molecule has 1 aromatic heterocycles. The number of hydrogen-bond donors (Lipinski definition) is 2. The SMILES string of the molecule is CCc1n[nH]c(=S)n1NCc1cc(OC)c(OCc2ccccc2C)cc1Cl. The van der Waals surface area contributed by atoms with Crippen molar-refractivity contribution < 1.29 is 9.47 Å². The molecule has 0 unspecified atom stereocenters. The van der Waals surface area contributed by atoms with Gasteiger partial charge >= 0.3 is 0 Å². The molecule has 0 atom stereocenters. The number of aryl methyl sites for hydroxylation is 2. The first kappa shape index (κ1) is 20.2. The van der Waals surface area contributed by atoms with Crippen molar-refractivity contribution in [3.63, 3.8) is 0 Å². The van der Waals surface area contributed by atoms with E-state index in [0.717, 1.165) is 23.4 Å². The van der Waals surface area contributed by atoms with Crippen molar-refractivity contribution in [2.75, 3.05) is 12.5 Å². The summed E-state index contributed by atoms with van der Waals surface area (Å²) in [5.41, 5.74) is 6.41. The van der Waals surface area contributed by atoms with Crippen molar-refractivity contribution in [2.24, 2.45) is 0 Å². The molecule has 3 aromatic rings. The molecule has 2 aromatic carbocycles. The third-order valence-corrected chi connectivity index (χ3v) is 5.09. The molecule has 1 heterocycles. The lowest BCUT2D eigenvalue weighted by Gasteiger charge is -2.16. The van der Waals surface area contributed by atoms with Gasteiger partial charge in [-0.05, 0) is 41.9 Å². The van der Waals surface area contributed by atoms with Gasteiger partial charge in [0.15, 0.2) is 17.3 Å².